The van der Waals surface area contributed by atoms with Crippen molar-refractivity contribution in [1.82, 2.24) is 0 Å². The van der Waals surface area contributed by atoms with E-state index in [2.05, 4.69) is 11.1 Å². The van der Waals surface area contributed by atoms with E-state index in [0.29, 0.717) is 28.5 Å². The van der Waals surface area contributed by atoms with Crippen LogP contribution in [0.25, 0.3) is 11.3 Å². The Bertz CT molecular complexity index is 1090. The van der Waals surface area contributed by atoms with Gasteiger partial charge in [0.05, 0.1) is 5.56 Å². The third-order valence-electron chi connectivity index (χ3n) is 4.86. The first-order valence-corrected chi connectivity index (χ1v) is 9.00. The summed E-state index contributed by atoms with van der Waals surface area (Å²) in [5.74, 6) is -0.211. The summed E-state index contributed by atoms with van der Waals surface area (Å²) < 4.78 is 38.0. The largest absolute Gasteiger partial charge is 0.483 e. The van der Waals surface area contributed by atoms with Crippen LogP contribution in [0.5, 0.6) is 5.75 Å². The second-order valence-electron chi connectivity index (χ2n) is 6.69. The molecule has 142 valence electrons. The van der Waals surface area contributed by atoms with Crippen LogP contribution in [0.1, 0.15) is 35.4 Å². The molecule has 1 aromatic carbocycles. The lowest BCUT2D eigenvalue weighted by Crippen LogP contribution is -2.24. The zero-order valence-electron chi connectivity index (χ0n) is 15.0. The van der Waals surface area contributed by atoms with E-state index < -0.39 is 11.6 Å². The number of H-pyrrole nitrogens is 1. The number of fused-ring (bicyclic) bond motifs is 1. The SMILES string of the molecule is N#Cc1c(N)[nH+]c2c(c1-c1ccc(COc3ccc(F)cc3F)o1)CCCC2. The second-order valence-corrected chi connectivity index (χ2v) is 6.69. The molecule has 4 rings (SSSR count). The molecule has 0 aliphatic heterocycles. The van der Waals surface area contributed by atoms with E-state index in [1.807, 2.05) is 0 Å². The lowest BCUT2D eigenvalue weighted by molar-refractivity contribution is -0.374. The molecule has 1 aliphatic carbocycles. The quantitative estimate of drug-likeness (QED) is 0.740. The molecular formula is C21H18F2N3O2+. The van der Waals surface area contributed by atoms with E-state index in [4.69, 9.17) is 14.9 Å². The Hall–Kier alpha value is -3.40. The maximum Gasteiger partial charge on any atom is 0.289 e. The van der Waals surface area contributed by atoms with Gasteiger partial charge in [-0.05, 0) is 43.5 Å². The van der Waals surface area contributed by atoms with Crippen LogP contribution in [-0.2, 0) is 19.4 Å². The van der Waals surface area contributed by atoms with Crippen LogP contribution in [0.2, 0.25) is 0 Å². The summed E-state index contributed by atoms with van der Waals surface area (Å²) in [5.41, 5.74) is 9.18. The molecule has 0 amide bonds. The minimum atomic E-state index is -0.779. The Morgan fingerprint density at radius 2 is 2.00 bits per heavy atom. The predicted molar refractivity (Wildman–Crippen MR) is 97.2 cm³/mol. The van der Waals surface area contributed by atoms with Gasteiger partial charge in [0, 0.05) is 18.1 Å². The van der Waals surface area contributed by atoms with Crippen molar-refractivity contribution in [2.75, 3.05) is 5.73 Å². The third-order valence-corrected chi connectivity index (χ3v) is 4.86. The third kappa shape index (κ3) is 3.29. The monoisotopic (exact) mass is 382 g/mol. The summed E-state index contributed by atoms with van der Waals surface area (Å²) in [6, 6.07) is 8.74. The Morgan fingerprint density at radius 3 is 2.79 bits per heavy atom. The van der Waals surface area contributed by atoms with Gasteiger partial charge >= 0.3 is 0 Å². The number of aryl methyl sites for hydroxylation is 1. The van der Waals surface area contributed by atoms with Crippen molar-refractivity contribution in [3.05, 3.63) is 64.5 Å². The van der Waals surface area contributed by atoms with Crippen molar-refractivity contribution in [1.29, 1.82) is 5.26 Å². The molecule has 0 radical (unpaired) electrons. The van der Waals surface area contributed by atoms with Gasteiger partial charge in [0.15, 0.2) is 17.1 Å². The Morgan fingerprint density at radius 1 is 1.18 bits per heavy atom. The van der Waals surface area contributed by atoms with E-state index in [-0.39, 0.29) is 12.4 Å². The molecule has 0 saturated carbocycles. The molecule has 0 unspecified atom stereocenters. The average molecular weight is 382 g/mol. The van der Waals surface area contributed by atoms with Gasteiger partial charge in [-0.15, -0.1) is 0 Å². The molecular weight excluding hydrogens is 364 g/mol. The minimum absolute atomic E-state index is 0.0267. The molecule has 7 heteroatoms. The number of nitrogens with one attached hydrogen (secondary N) is 1. The predicted octanol–water partition coefficient (Wildman–Crippen LogP) is 3.95. The highest BCUT2D eigenvalue weighted by Gasteiger charge is 2.26. The maximum absolute atomic E-state index is 13.7. The summed E-state index contributed by atoms with van der Waals surface area (Å²) in [5, 5.41) is 9.59. The van der Waals surface area contributed by atoms with Crippen molar-refractivity contribution in [3.8, 4) is 23.1 Å². The number of hydrogen-bond acceptors (Lipinski definition) is 4. The molecule has 2 heterocycles. The summed E-state index contributed by atoms with van der Waals surface area (Å²) in [7, 11) is 0. The number of nitriles is 1. The van der Waals surface area contributed by atoms with E-state index in [0.717, 1.165) is 49.1 Å². The van der Waals surface area contributed by atoms with Gasteiger partial charge in [0.2, 0.25) is 0 Å². The van der Waals surface area contributed by atoms with Crippen LogP contribution in [0, 0.1) is 23.0 Å². The van der Waals surface area contributed by atoms with Crippen LogP contribution >= 0.6 is 0 Å². The molecule has 1 aliphatic rings. The number of nitrogen functional groups attached to an aromatic ring is 1. The maximum atomic E-state index is 13.7. The number of aromatic amines is 1. The molecule has 3 N–H and O–H groups in total. The summed E-state index contributed by atoms with van der Waals surface area (Å²) >= 11 is 0. The van der Waals surface area contributed by atoms with E-state index in [1.54, 1.807) is 12.1 Å². The van der Waals surface area contributed by atoms with Crippen LogP contribution in [0.3, 0.4) is 0 Å². The lowest BCUT2D eigenvalue weighted by atomic mass is 9.89. The van der Waals surface area contributed by atoms with Gasteiger partial charge in [-0.25, -0.2) is 13.8 Å². The minimum Gasteiger partial charge on any atom is -0.483 e. The standard InChI is InChI=1S/C21H17F2N3O2/c22-12-5-7-18(16(23)9-12)27-11-13-6-8-19(28-13)20-14-3-1-2-4-17(14)26-21(25)15(20)10-24/h5-9H,1-4,11H2,(H2,25,26)/p+1. The molecule has 2 aromatic heterocycles. The fourth-order valence-corrected chi connectivity index (χ4v) is 3.55. The molecule has 5 nitrogen and oxygen atoms in total. The molecule has 0 bridgehead atoms. The normalized spacial score (nSPS) is 13.0. The fraction of sp³-hybridized carbons (Fsp3) is 0.238. The lowest BCUT2D eigenvalue weighted by Gasteiger charge is -2.17. The molecule has 0 fully saturated rings. The van der Waals surface area contributed by atoms with E-state index in [1.165, 1.54) is 6.07 Å². The van der Waals surface area contributed by atoms with Gasteiger partial charge < -0.3 is 9.15 Å². The number of anilines is 1. The molecule has 0 saturated heterocycles. The van der Waals surface area contributed by atoms with Gasteiger partial charge in [-0.3, -0.25) is 5.73 Å². The number of aromatic nitrogens is 1. The topological polar surface area (TPSA) is 86.3 Å². The van der Waals surface area contributed by atoms with Crippen molar-refractivity contribution in [3.63, 3.8) is 0 Å². The number of nitrogens with zero attached hydrogens (tertiary/aromatic N) is 1. The average Bonchev–Trinajstić information content (AvgIpc) is 3.14. The molecule has 3 aromatic rings. The number of pyridine rings is 1. The van der Waals surface area contributed by atoms with Gasteiger partial charge in [0.1, 0.15) is 35.7 Å². The van der Waals surface area contributed by atoms with Gasteiger partial charge in [-0.2, -0.15) is 5.26 Å². The zero-order chi connectivity index (χ0) is 19.7. The summed E-state index contributed by atoms with van der Waals surface area (Å²) in [6.45, 7) is -0.0267. The summed E-state index contributed by atoms with van der Waals surface area (Å²) in [6.07, 6.45) is 3.81. The number of furan rings is 1. The van der Waals surface area contributed by atoms with Crippen molar-refractivity contribution in [2.24, 2.45) is 0 Å². The Balaban J connectivity index is 1.64. The van der Waals surface area contributed by atoms with Crippen LogP contribution in [0.15, 0.2) is 34.7 Å². The fourth-order valence-electron chi connectivity index (χ4n) is 3.55. The second kappa shape index (κ2) is 7.31. The highest BCUT2D eigenvalue weighted by molar-refractivity contribution is 5.74. The zero-order valence-corrected chi connectivity index (χ0v) is 15.0. The van der Waals surface area contributed by atoms with E-state index >= 15 is 0 Å². The number of rotatable bonds is 4. The number of benzene rings is 1. The Labute approximate surface area is 160 Å². The van der Waals surface area contributed by atoms with Crippen LogP contribution < -0.4 is 15.5 Å². The first kappa shape index (κ1) is 18.0. The smallest absolute Gasteiger partial charge is 0.289 e. The first-order valence-electron chi connectivity index (χ1n) is 9.00. The summed E-state index contributed by atoms with van der Waals surface area (Å²) in [4.78, 5) is 3.14. The first-order chi connectivity index (χ1) is 13.6. The number of halogens is 2. The number of ether oxygens (including phenoxy) is 1. The van der Waals surface area contributed by atoms with Crippen LogP contribution in [0.4, 0.5) is 14.6 Å². The highest BCUT2D eigenvalue weighted by atomic mass is 19.1. The number of nitrogens with two attached hydrogens (primary N) is 1. The van der Waals surface area contributed by atoms with Gasteiger partial charge in [0.25, 0.3) is 5.82 Å². The number of hydrogen-bond donors (Lipinski definition) is 1. The van der Waals surface area contributed by atoms with Crippen molar-refractivity contribution in [2.45, 2.75) is 32.3 Å². The van der Waals surface area contributed by atoms with Crippen molar-refractivity contribution >= 4 is 5.82 Å². The van der Waals surface area contributed by atoms with Crippen LogP contribution in [-0.4, -0.2) is 0 Å². The Kier molecular flexibility index (Phi) is 4.70. The molecule has 0 spiro atoms. The van der Waals surface area contributed by atoms with E-state index in [9.17, 15) is 14.0 Å². The molecule has 28 heavy (non-hydrogen) atoms. The van der Waals surface area contributed by atoms with Crippen molar-refractivity contribution < 1.29 is 22.9 Å². The highest BCUT2D eigenvalue weighted by Crippen LogP contribution is 2.35. The van der Waals surface area contributed by atoms with Gasteiger partial charge in [-0.1, -0.05) is 0 Å². The molecule has 0 atom stereocenters.